The number of pyridine rings is 2. The van der Waals surface area contributed by atoms with E-state index < -0.39 is 17.5 Å². The summed E-state index contributed by atoms with van der Waals surface area (Å²) in [5, 5.41) is 12.3. The van der Waals surface area contributed by atoms with Gasteiger partial charge in [-0.05, 0) is 79.1 Å². The third-order valence-corrected chi connectivity index (χ3v) is 7.18. The van der Waals surface area contributed by atoms with Gasteiger partial charge in [-0.15, -0.1) is 0 Å². The lowest BCUT2D eigenvalue weighted by molar-refractivity contribution is -0.107. The van der Waals surface area contributed by atoms with E-state index in [1.165, 1.54) is 17.2 Å². The van der Waals surface area contributed by atoms with E-state index in [0.717, 1.165) is 41.7 Å². The maximum absolute atomic E-state index is 13.7. The zero-order valence-corrected chi connectivity index (χ0v) is 24.2. The van der Waals surface area contributed by atoms with Gasteiger partial charge >= 0.3 is 0 Å². The molecule has 0 fully saturated rings. The first kappa shape index (κ1) is 31.8. The van der Waals surface area contributed by atoms with E-state index >= 15 is 0 Å². The zero-order chi connectivity index (χ0) is 30.2. The van der Waals surface area contributed by atoms with E-state index in [0.29, 0.717) is 31.1 Å². The first-order valence-electron chi connectivity index (χ1n) is 13.7. The third-order valence-electron chi connectivity index (χ3n) is 7.18. The number of carbonyl (C=O) groups is 2. The second-order valence-electron chi connectivity index (χ2n) is 10.2. The van der Waals surface area contributed by atoms with Crippen LogP contribution in [-0.4, -0.2) is 53.8 Å². The number of ether oxygens (including phenoxy) is 1. The van der Waals surface area contributed by atoms with Crippen molar-refractivity contribution < 1.29 is 28.2 Å². The zero-order valence-electron chi connectivity index (χ0n) is 24.2. The topological polar surface area (TPSA) is 105 Å². The molecule has 2 heterocycles. The number of amides is 2. The fourth-order valence-electron chi connectivity index (χ4n) is 4.51. The highest BCUT2D eigenvalue weighted by molar-refractivity contribution is 6.04. The van der Waals surface area contributed by atoms with E-state index in [1.54, 1.807) is 18.3 Å². The summed E-state index contributed by atoms with van der Waals surface area (Å²) in [7, 11) is 0. The molecule has 220 valence electrons. The summed E-state index contributed by atoms with van der Waals surface area (Å²) in [4.78, 5) is 34.5. The van der Waals surface area contributed by atoms with Gasteiger partial charge in [-0.1, -0.05) is 19.9 Å². The van der Waals surface area contributed by atoms with Gasteiger partial charge in [0, 0.05) is 49.3 Å². The summed E-state index contributed by atoms with van der Waals surface area (Å²) in [6, 6.07) is 9.85. The van der Waals surface area contributed by atoms with Crippen molar-refractivity contribution in [1.82, 2.24) is 9.97 Å². The minimum absolute atomic E-state index is 0.0137. The van der Waals surface area contributed by atoms with Gasteiger partial charge in [0.15, 0.2) is 0 Å². The fraction of sp³-hybridized carbons (Fsp3) is 0.419. The Bertz CT molecular complexity index is 1350. The van der Waals surface area contributed by atoms with Gasteiger partial charge in [0.05, 0.1) is 13.2 Å². The van der Waals surface area contributed by atoms with Crippen molar-refractivity contribution in [3.63, 3.8) is 0 Å². The predicted octanol–water partition coefficient (Wildman–Crippen LogP) is 5.94. The monoisotopic (exact) mass is 568 g/mol. The fourth-order valence-corrected chi connectivity index (χ4v) is 4.51. The first-order valence-corrected chi connectivity index (χ1v) is 13.7. The first-order chi connectivity index (χ1) is 19.5. The second kappa shape index (κ2) is 14.2. The van der Waals surface area contributed by atoms with E-state index in [2.05, 4.69) is 29.1 Å². The molecule has 8 nitrogen and oxygen atoms in total. The van der Waals surface area contributed by atoms with Crippen LogP contribution in [0.1, 0.15) is 67.2 Å². The molecule has 2 unspecified atom stereocenters. The summed E-state index contributed by atoms with van der Waals surface area (Å²) >= 11 is 0. The van der Waals surface area contributed by atoms with Gasteiger partial charge in [-0.25, -0.2) is 4.98 Å². The molecule has 0 aliphatic carbocycles. The van der Waals surface area contributed by atoms with Crippen LogP contribution in [0.3, 0.4) is 0 Å². The number of aliphatic hydroxyl groups is 1. The van der Waals surface area contributed by atoms with Gasteiger partial charge in [-0.3, -0.25) is 19.5 Å². The number of aromatic nitrogens is 2. The Morgan fingerprint density at radius 3 is 2.61 bits per heavy atom. The van der Waals surface area contributed by atoms with Crippen LogP contribution in [0.15, 0.2) is 48.8 Å². The van der Waals surface area contributed by atoms with Crippen molar-refractivity contribution in [2.24, 2.45) is 5.92 Å². The van der Waals surface area contributed by atoms with Crippen LogP contribution in [0.2, 0.25) is 0 Å². The van der Waals surface area contributed by atoms with Crippen molar-refractivity contribution in [3.05, 3.63) is 71.2 Å². The minimum Gasteiger partial charge on any atom is -0.395 e. The lowest BCUT2D eigenvalue weighted by atomic mass is 9.85. The summed E-state index contributed by atoms with van der Waals surface area (Å²) in [6.45, 7) is 9.99. The van der Waals surface area contributed by atoms with Gasteiger partial charge in [0.25, 0.3) is 11.8 Å². The lowest BCUT2D eigenvalue weighted by Gasteiger charge is -2.26. The number of rotatable bonds is 14. The van der Waals surface area contributed by atoms with Crippen LogP contribution in [0, 0.1) is 12.8 Å². The summed E-state index contributed by atoms with van der Waals surface area (Å²) < 4.78 is 33.0. The molecule has 0 radical (unpaired) electrons. The summed E-state index contributed by atoms with van der Waals surface area (Å²) in [5.41, 5.74) is 3.45. The largest absolute Gasteiger partial charge is 0.395 e. The van der Waals surface area contributed by atoms with Crippen molar-refractivity contribution >= 4 is 23.8 Å². The average Bonchev–Trinajstić information content (AvgIpc) is 2.96. The number of nitrogens with zero attached hydrogens (tertiary/aromatic N) is 3. The van der Waals surface area contributed by atoms with Crippen LogP contribution in [0.25, 0.3) is 11.1 Å². The van der Waals surface area contributed by atoms with E-state index in [9.17, 15) is 23.5 Å². The third kappa shape index (κ3) is 8.14. The SMILES string of the molecule is CCOCCC(C)C(C)c1cc(-c2cc(NC(=O)c3ccnc(C(C)(F)F)c3)ccc2C)cnc1N(C=O)CCO. The van der Waals surface area contributed by atoms with E-state index in [4.69, 9.17) is 4.74 Å². The number of anilines is 2. The number of carbonyl (C=O) groups excluding carboxylic acids is 2. The van der Waals surface area contributed by atoms with Crippen LogP contribution < -0.4 is 10.2 Å². The summed E-state index contributed by atoms with van der Waals surface area (Å²) in [5.74, 6) is -2.99. The Morgan fingerprint density at radius 2 is 1.95 bits per heavy atom. The maximum Gasteiger partial charge on any atom is 0.286 e. The molecular weight excluding hydrogens is 530 g/mol. The number of nitrogens with one attached hydrogen (secondary N) is 1. The molecule has 41 heavy (non-hydrogen) atoms. The smallest absolute Gasteiger partial charge is 0.286 e. The normalized spacial score (nSPS) is 13.0. The number of aryl methyl sites for hydroxylation is 1. The van der Waals surface area contributed by atoms with Crippen molar-refractivity contribution in [2.45, 2.75) is 52.9 Å². The van der Waals surface area contributed by atoms with Crippen LogP contribution in [0.5, 0.6) is 0 Å². The van der Waals surface area contributed by atoms with Crippen molar-refractivity contribution in [3.8, 4) is 11.1 Å². The molecule has 0 bridgehead atoms. The Kier molecular flexibility index (Phi) is 11.0. The Hall–Kier alpha value is -3.76. The summed E-state index contributed by atoms with van der Waals surface area (Å²) in [6.07, 6.45) is 4.34. The average molecular weight is 569 g/mol. The van der Waals surface area contributed by atoms with Crippen molar-refractivity contribution in [1.29, 1.82) is 0 Å². The molecule has 0 aliphatic rings. The maximum atomic E-state index is 13.7. The molecule has 0 spiro atoms. The highest BCUT2D eigenvalue weighted by Crippen LogP contribution is 2.36. The minimum atomic E-state index is -3.17. The molecule has 2 N–H and O–H groups in total. The Balaban J connectivity index is 1.98. The van der Waals surface area contributed by atoms with Crippen LogP contribution >= 0.6 is 0 Å². The number of benzene rings is 1. The molecule has 0 saturated carbocycles. The number of alkyl halides is 2. The molecule has 0 aliphatic heterocycles. The standard InChI is InChI=1S/C31H38F2N4O4/c1-6-41-14-10-20(2)22(4)27-15-24(18-35-29(27)37(19-39)12-13-38)26-17-25(8-7-21(26)3)36-30(40)23-9-11-34-28(16-23)31(5,32)33/h7-9,11,15-20,22,38H,6,10,12-14H2,1-5H3,(H,36,40). The molecule has 1 aromatic carbocycles. The number of halogens is 2. The molecule has 10 heteroatoms. The van der Waals surface area contributed by atoms with Crippen molar-refractivity contribution in [2.75, 3.05) is 36.6 Å². The van der Waals surface area contributed by atoms with E-state index in [-0.39, 0.29) is 30.6 Å². The van der Waals surface area contributed by atoms with Crippen LogP contribution in [0.4, 0.5) is 20.3 Å². The van der Waals surface area contributed by atoms with Gasteiger partial charge in [-0.2, -0.15) is 8.78 Å². The molecule has 2 aromatic heterocycles. The molecule has 2 atom stereocenters. The van der Waals surface area contributed by atoms with E-state index in [1.807, 2.05) is 26.0 Å². The van der Waals surface area contributed by atoms with Gasteiger partial charge in [0.2, 0.25) is 6.41 Å². The highest BCUT2D eigenvalue weighted by Gasteiger charge is 2.27. The molecule has 3 aromatic rings. The number of hydrogen-bond donors (Lipinski definition) is 2. The predicted molar refractivity (Wildman–Crippen MR) is 155 cm³/mol. The molecule has 0 saturated heterocycles. The number of aliphatic hydroxyl groups excluding tert-OH is 1. The van der Waals surface area contributed by atoms with Gasteiger partial charge in [0.1, 0.15) is 11.5 Å². The molecule has 2 amide bonds. The highest BCUT2D eigenvalue weighted by atomic mass is 19.3. The Labute approximate surface area is 239 Å². The lowest BCUT2D eigenvalue weighted by Crippen LogP contribution is -2.28. The molecule has 3 rings (SSSR count). The molecular formula is C31H38F2N4O4. The van der Waals surface area contributed by atoms with Gasteiger partial charge < -0.3 is 15.2 Å². The number of hydrogen-bond acceptors (Lipinski definition) is 6. The quantitative estimate of drug-likeness (QED) is 0.184. The Morgan fingerprint density at radius 1 is 1.20 bits per heavy atom. The van der Waals surface area contributed by atoms with Crippen LogP contribution in [-0.2, 0) is 15.5 Å². The second-order valence-corrected chi connectivity index (χ2v) is 10.2.